The zero-order valence-electron chi connectivity index (χ0n) is 20.8. The van der Waals surface area contributed by atoms with E-state index in [2.05, 4.69) is 19.9 Å². The van der Waals surface area contributed by atoms with Gasteiger partial charge >= 0.3 is 0 Å². The normalized spacial score (nSPS) is 24.2. The molecule has 0 bridgehead atoms. The number of thioether (sulfide) groups is 1. The second-order valence-electron chi connectivity index (χ2n) is 9.83. The van der Waals surface area contributed by atoms with Crippen LogP contribution in [-0.2, 0) is 23.3 Å². The van der Waals surface area contributed by atoms with Gasteiger partial charge in [-0.05, 0) is 43.2 Å². The third kappa shape index (κ3) is 4.29. The number of aromatic nitrogens is 3. The van der Waals surface area contributed by atoms with Crippen molar-refractivity contribution in [1.29, 1.82) is 0 Å². The van der Waals surface area contributed by atoms with Gasteiger partial charge in [-0.15, -0.1) is 0 Å². The Morgan fingerprint density at radius 2 is 2.08 bits per heavy atom. The van der Waals surface area contributed by atoms with Crippen molar-refractivity contribution in [3.63, 3.8) is 0 Å². The summed E-state index contributed by atoms with van der Waals surface area (Å²) in [6.07, 6.45) is 7.20. The average Bonchev–Trinajstić information content (AvgIpc) is 3.36. The Labute approximate surface area is 221 Å². The van der Waals surface area contributed by atoms with Crippen molar-refractivity contribution in [1.82, 2.24) is 15.0 Å². The summed E-state index contributed by atoms with van der Waals surface area (Å²) in [5.41, 5.74) is 7.19. The van der Waals surface area contributed by atoms with Gasteiger partial charge in [0, 0.05) is 36.6 Å². The van der Waals surface area contributed by atoms with Gasteiger partial charge in [-0.2, -0.15) is 0 Å². The van der Waals surface area contributed by atoms with Gasteiger partial charge in [0.25, 0.3) is 0 Å². The Balaban J connectivity index is 1.31. The molecule has 3 atom stereocenters. The molecule has 0 saturated heterocycles. The van der Waals surface area contributed by atoms with Crippen LogP contribution >= 0.6 is 11.8 Å². The van der Waals surface area contributed by atoms with Gasteiger partial charge in [0.05, 0.1) is 40.5 Å². The molecule has 1 saturated carbocycles. The minimum absolute atomic E-state index is 0.0240. The first kappa shape index (κ1) is 24.7. The summed E-state index contributed by atoms with van der Waals surface area (Å²) in [6.45, 7) is 2.51. The molecule has 6 rings (SSSR count). The van der Waals surface area contributed by atoms with Crippen molar-refractivity contribution in [3.05, 3.63) is 83.5 Å². The number of benzene rings is 1. The maximum absolute atomic E-state index is 15.3. The fourth-order valence-electron chi connectivity index (χ4n) is 5.41. The minimum atomic E-state index is -1.00. The maximum atomic E-state index is 15.3. The molecular weight excluding hydrogens is 512 g/mol. The van der Waals surface area contributed by atoms with Gasteiger partial charge in [-0.1, -0.05) is 11.8 Å². The van der Waals surface area contributed by atoms with Crippen LogP contribution in [0.25, 0.3) is 10.9 Å². The second kappa shape index (κ2) is 9.32. The molecule has 1 aliphatic heterocycles. The Hall–Kier alpha value is -3.57. The number of fused-ring (bicyclic) bond motifs is 2. The van der Waals surface area contributed by atoms with Crippen LogP contribution in [0, 0.1) is 17.6 Å². The quantitative estimate of drug-likeness (QED) is 0.343. The van der Waals surface area contributed by atoms with Crippen molar-refractivity contribution >= 4 is 27.8 Å². The average molecular weight is 538 g/mol. The number of oxazole rings is 1. The molecule has 1 aromatic carbocycles. The lowest BCUT2D eigenvalue weighted by atomic mass is 9.84. The number of amidine groups is 1. The number of nitrogens with zero attached hydrogens (tertiary/aromatic N) is 4. The van der Waals surface area contributed by atoms with Crippen LogP contribution in [0.15, 0.2) is 58.7 Å². The third-order valence-corrected chi connectivity index (χ3v) is 8.54. The Morgan fingerprint density at radius 1 is 1.21 bits per heavy atom. The zero-order chi connectivity index (χ0) is 26.5. The summed E-state index contributed by atoms with van der Waals surface area (Å²) in [7, 11) is 1.63. The van der Waals surface area contributed by atoms with Crippen LogP contribution in [0.4, 0.5) is 8.78 Å². The number of hydrogen-bond donors (Lipinski definition) is 1. The highest BCUT2D eigenvalue weighted by atomic mass is 32.2. The number of hydrogen-bond acceptors (Lipinski definition) is 9. The zero-order valence-corrected chi connectivity index (χ0v) is 21.6. The van der Waals surface area contributed by atoms with Crippen LogP contribution in [0.2, 0.25) is 0 Å². The van der Waals surface area contributed by atoms with Gasteiger partial charge in [-0.25, -0.2) is 13.8 Å². The van der Waals surface area contributed by atoms with Crippen LogP contribution in [-0.4, -0.2) is 38.6 Å². The topological polar surface area (TPSA) is 109 Å². The molecule has 0 radical (unpaired) electrons. The standard InChI is InChI=1S/C27H25F2N5O3S/c1-26(22-9-27(22,13-35-2)38-25(30)34-26)19-5-15(6-20(28)23(19)29)7-21-24-16(3-4-32-21)8-17(11-33-24)36-12-18-10-31-14-37-18/h3-6,8,10-11,14,22H,7,9,12-13H2,1-2H3,(H2,30,34)/t22-,26+,27+/m0/s1. The molecule has 196 valence electrons. The summed E-state index contributed by atoms with van der Waals surface area (Å²) in [6, 6.07) is 6.56. The van der Waals surface area contributed by atoms with E-state index in [1.165, 1.54) is 24.2 Å². The number of halogens is 2. The molecule has 4 aromatic rings. The number of methoxy groups -OCH3 is 1. The summed E-state index contributed by atoms with van der Waals surface area (Å²) >= 11 is 1.46. The van der Waals surface area contributed by atoms with Crippen LogP contribution in [0.5, 0.6) is 5.75 Å². The molecule has 1 aliphatic carbocycles. The second-order valence-corrected chi connectivity index (χ2v) is 11.3. The first-order valence-corrected chi connectivity index (χ1v) is 12.9. The molecule has 38 heavy (non-hydrogen) atoms. The molecule has 8 nitrogen and oxygen atoms in total. The molecule has 1 fully saturated rings. The number of ether oxygens (including phenoxy) is 2. The fourth-order valence-corrected chi connectivity index (χ4v) is 6.86. The van der Waals surface area contributed by atoms with Crippen LogP contribution < -0.4 is 10.5 Å². The summed E-state index contributed by atoms with van der Waals surface area (Å²) in [5, 5.41) is 1.16. The van der Waals surface area contributed by atoms with Gasteiger partial charge in [0.15, 0.2) is 29.0 Å². The fraction of sp³-hybridized carbons (Fsp3) is 0.333. The predicted molar refractivity (Wildman–Crippen MR) is 139 cm³/mol. The monoisotopic (exact) mass is 537 g/mol. The number of aliphatic imine (C=N–C) groups is 1. The first-order chi connectivity index (χ1) is 18.3. The lowest BCUT2D eigenvalue weighted by Crippen LogP contribution is -2.38. The van der Waals surface area contributed by atoms with Gasteiger partial charge in [-0.3, -0.25) is 15.0 Å². The minimum Gasteiger partial charge on any atom is -0.484 e. The highest BCUT2D eigenvalue weighted by molar-refractivity contribution is 8.15. The smallest absolute Gasteiger partial charge is 0.181 e. The molecule has 0 spiro atoms. The van der Waals surface area contributed by atoms with Crippen molar-refractivity contribution in [3.8, 4) is 5.75 Å². The van der Waals surface area contributed by atoms with E-state index in [0.717, 1.165) is 11.8 Å². The van der Waals surface area contributed by atoms with Gasteiger partial charge in [0.2, 0.25) is 0 Å². The Kier molecular flexibility index (Phi) is 6.07. The number of nitrogens with two attached hydrogens (primary N) is 1. The summed E-state index contributed by atoms with van der Waals surface area (Å²) < 4.78 is 46.3. The molecule has 0 unspecified atom stereocenters. The molecule has 2 aliphatic rings. The largest absolute Gasteiger partial charge is 0.484 e. The number of rotatable bonds is 8. The molecule has 2 N–H and O–H groups in total. The van der Waals surface area contributed by atoms with E-state index in [1.807, 2.05) is 19.1 Å². The highest BCUT2D eigenvalue weighted by Crippen LogP contribution is 2.66. The van der Waals surface area contributed by atoms with Crippen molar-refractivity contribution in [2.75, 3.05) is 13.7 Å². The van der Waals surface area contributed by atoms with Crippen LogP contribution in [0.3, 0.4) is 0 Å². The van der Waals surface area contributed by atoms with E-state index in [-0.39, 0.29) is 29.3 Å². The molecular formula is C27H25F2N5O3S. The third-order valence-electron chi connectivity index (χ3n) is 7.26. The summed E-state index contributed by atoms with van der Waals surface area (Å²) in [4.78, 5) is 17.5. The Morgan fingerprint density at radius 3 is 2.87 bits per heavy atom. The van der Waals surface area contributed by atoms with E-state index in [4.69, 9.17) is 19.6 Å². The van der Waals surface area contributed by atoms with Crippen molar-refractivity contribution in [2.24, 2.45) is 16.6 Å². The van der Waals surface area contributed by atoms with E-state index in [0.29, 0.717) is 40.1 Å². The molecule has 3 aromatic heterocycles. The predicted octanol–water partition coefficient (Wildman–Crippen LogP) is 4.75. The van der Waals surface area contributed by atoms with E-state index >= 15 is 4.39 Å². The SMILES string of the molecule is COC[C@]12C[C@H]1[C@@](C)(c1cc(Cc3nccc4cc(OCc5cnco5)cnc34)cc(F)c1F)N=C(N)S2. The van der Waals surface area contributed by atoms with Crippen molar-refractivity contribution < 1.29 is 22.7 Å². The molecule has 11 heteroatoms. The van der Waals surface area contributed by atoms with Gasteiger partial charge in [0.1, 0.15) is 12.4 Å². The first-order valence-electron chi connectivity index (χ1n) is 12.1. The lowest BCUT2D eigenvalue weighted by molar-refractivity contribution is 0.184. The molecule has 4 heterocycles. The van der Waals surface area contributed by atoms with Crippen LogP contribution in [0.1, 0.15) is 35.9 Å². The lowest BCUT2D eigenvalue weighted by Gasteiger charge is -2.34. The molecule has 0 amide bonds. The van der Waals surface area contributed by atoms with Crippen molar-refractivity contribution in [2.45, 2.75) is 36.7 Å². The van der Waals surface area contributed by atoms with Gasteiger partial charge < -0.3 is 19.6 Å². The summed E-state index contributed by atoms with van der Waals surface area (Å²) in [5.74, 6) is -0.708. The Bertz CT molecular complexity index is 1550. The van der Waals surface area contributed by atoms with E-state index in [1.54, 1.807) is 31.8 Å². The highest BCUT2D eigenvalue weighted by Gasteiger charge is 2.66. The number of pyridine rings is 2. The maximum Gasteiger partial charge on any atom is 0.181 e. The van der Waals surface area contributed by atoms with E-state index in [9.17, 15) is 4.39 Å². The van der Waals surface area contributed by atoms with E-state index < -0.39 is 17.2 Å².